The van der Waals surface area contributed by atoms with Crippen molar-refractivity contribution in [2.75, 3.05) is 0 Å². The molecule has 1 aliphatic carbocycles. The Labute approximate surface area is 115 Å². The summed E-state index contributed by atoms with van der Waals surface area (Å²) in [6.07, 6.45) is 2.56. The van der Waals surface area contributed by atoms with Gasteiger partial charge in [0.15, 0.2) is 0 Å². The molecule has 0 spiro atoms. The fourth-order valence-electron chi connectivity index (χ4n) is 1.87. The summed E-state index contributed by atoms with van der Waals surface area (Å²) in [6.45, 7) is 0. The second-order valence-electron chi connectivity index (χ2n) is 4.27. The van der Waals surface area contributed by atoms with Crippen molar-refractivity contribution in [3.63, 3.8) is 0 Å². The van der Waals surface area contributed by atoms with E-state index >= 15 is 0 Å². The van der Waals surface area contributed by atoms with Crippen LogP contribution in [0.4, 0.5) is 0 Å². The lowest BCUT2D eigenvalue weighted by Gasteiger charge is -1.95. The van der Waals surface area contributed by atoms with Crippen molar-refractivity contribution in [3.8, 4) is 10.6 Å². The van der Waals surface area contributed by atoms with Crippen LogP contribution in [0.5, 0.6) is 0 Å². The molecule has 0 saturated heterocycles. The van der Waals surface area contributed by atoms with Crippen LogP contribution in [0, 0.1) is 0 Å². The van der Waals surface area contributed by atoms with E-state index in [1.54, 1.807) is 11.3 Å². The molecule has 1 aliphatic rings. The largest absolute Gasteiger partial charge is 0.240 e. The Kier molecular flexibility index (Phi) is 3.16. The highest BCUT2D eigenvalue weighted by Gasteiger charge is 2.29. The molecule has 0 radical (unpaired) electrons. The van der Waals surface area contributed by atoms with Crippen molar-refractivity contribution in [1.29, 1.82) is 0 Å². The highest BCUT2D eigenvalue weighted by atomic mass is 35.5. The standard InChI is InChI=1S/C13H12ClNS2/c14-10-5-3-9(4-6-10)13-15-12(8-1-2-8)11(7-16)17-13/h3-6,8,16H,1-2,7H2. The highest BCUT2D eigenvalue weighted by Crippen LogP contribution is 2.44. The Balaban J connectivity index is 2.00. The minimum atomic E-state index is 0.689. The molecule has 0 aliphatic heterocycles. The molecule has 0 unspecified atom stereocenters. The second-order valence-corrected chi connectivity index (χ2v) is 6.10. The molecule has 1 aromatic carbocycles. The van der Waals surface area contributed by atoms with Crippen molar-refractivity contribution in [2.45, 2.75) is 24.5 Å². The number of thiol groups is 1. The summed E-state index contributed by atoms with van der Waals surface area (Å²) in [5, 5.41) is 1.86. The quantitative estimate of drug-likeness (QED) is 0.800. The molecular weight excluding hydrogens is 270 g/mol. The van der Waals surface area contributed by atoms with Gasteiger partial charge in [0.05, 0.1) is 5.69 Å². The maximum absolute atomic E-state index is 5.89. The Hall–Kier alpha value is -0.510. The molecule has 0 amide bonds. The van der Waals surface area contributed by atoms with Crippen LogP contribution in [0.2, 0.25) is 5.02 Å². The fraction of sp³-hybridized carbons (Fsp3) is 0.308. The third kappa shape index (κ3) is 2.37. The van der Waals surface area contributed by atoms with E-state index in [1.165, 1.54) is 23.4 Å². The summed E-state index contributed by atoms with van der Waals surface area (Å²) in [5.74, 6) is 1.48. The van der Waals surface area contributed by atoms with E-state index in [1.807, 2.05) is 24.3 Å². The van der Waals surface area contributed by atoms with Gasteiger partial charge in [0.25, 0.3) is 0 Å². The molecule has 1 aromatic heterocycles. The van der Waals surface area contributed by atoms with Gasteiger partial charge in [-0.25, -0.2) is 4.98 Å². The maximum Gasteiger partial charge on any atom is 0.123 e. The first-order chi connectivity index (χ1) is 8.28. The SMILES string of the molecule is SCc1sc(-c2ccc(Cl)cc2)nc1C1CC1. The smallest absolute Gasteiger partial charge is 0.123 e. The third-order valence-corrected chi connectivity index (χ3v) is 4.83. The van der Waals surface area contributed by atoms with Crippen LogP contribution in [0.15, 0.2) is 24.3 Å². The molecule has 1 saturated carbocycles. The van der Waals surface area contributed by atoms with Crippen molar-refractivity contribution in [1.82, 2.24) is 4.98 Å². The molecule has 1 fully saturated rings. The zero-order chi connectivity index (χ0) is 11.8. The number of benzene rings is 1. The summed E-state index contributed by atoms with van der Waals surface area (Å²) in [5.41, 5.74) is 2.42. The molecule has 1 heterocycles. The van der Waals surface area contributed by atoms with Crippen LogP contribution in [0.25, 0.3) is 10.6 Å². The molecule has 0 bridgehead atoms. The van der Waals surface area contributed by atoms with E-state index in [-0.39, 0.29) is 0 Å². The summed E-state index contributed by atoms with van der Waals surface area (Å²) in [4.78, 5) is 6.09. The van der Waals surface area contributed by atoms with Gasteiger partial charge in [0.1, 0.15) is 5.01 Å². The zero-order valence-electron chi connectivity index (χ0n) is 9.19. The van der Waals surface area contributed by atoms with Crippen LogP contribution in [-0.4, -0.2) is 4.98 Å². The van der Waals surface area contributed by atoms with Crippen LogP contribution in [0.3, 0.4) is 0 Å². The highest BCUT2D eigenvalue weighted by molar-refractivity contribution is 7.79. The van der Waals surface area contributed by atoms with E-state index in [9.17, 15) is 0 Å². The van der Waals surface area contributed by atoms with Crippen molar-refractivity contribution in [2.24, 2.45) is 0 Å². The first kappa shape index (κ1) is 11.6. The number of rotatable bonds is 3. The van der Waals surface area contributed by atoms with Crippen LogP contribution in [0.1, 0.15) is 29.3 Å². The number of aromatic nitrogens is 1. The Bertz CT molecular complexity index is 529. The van der Waals surface area contributed by atoms with E-state index in [4.69, 9.17) is 16.6 Å². The van der Waals surface area contributed by atoms with Gasteiger partial charge in [0.2, 0.25) is 0 Å². The average Bonchev–Trinajstić information content (AvgIpc) is 3.10. The van der Waals surface area contributed by atoms with E-state index in [0.29, 0.717) is 5.92 Å². The summed E-state index contributed by atoms with van der Waals surface area (Å²) in [6, 6.07) is 7.88. The van der Waals surface area contributed by atoms with E-state index in [0.717, 1.165) is 21.3 Å². The van der Waals surface area contributed by atoms with Crippen molar-refractivity contribution >= 4 is 35.6 Å². The van der Waals surface area contributed by atoms with Gasteiger partial charge in [0, 0.05) is 27.1 Å². The molecule has 4 heteroatoms. The summed E-state index contributed by atoms with van der Waals surface area (Å²) in [7, 11) is 0. The predicted octanol–water partition coefficient (Wildman–Crippen LogP) is 4.77. The Morgan fingerprint density at radius 1 is 1.29 bits per heavy atom. The monoisotopic (exact) mass is 281 g/mol. The molecular formula is C13H12ClNS2. The van der Waals surface area contributed by atoms with Crippen molar-refractivity contribution in [3.05, 3.63) is 39.9 Å². The minimum absolute atomic E-state index is 0.689. The maximum atomic E-state index is 5.89. The molecule has 88 valence electrons. The molecule has 1 nitrogen and oxygen atoms in total. The Morgan fingerprint density at radius 3 is 2.59 bits per heavy atom. The number of halogens is 1. The normalized spacial score (nSPS) is 15.2. The lowest BCUT2D eigenvalue weighted by Crippen LogP contribution is -1.84. The molecule has 3 rings (SSSR count). The number of hydrogen-bond donors (Lipinski definition) is 1. The average molecular weight is 282 g/mol. The van der Waals surface area contributed by atoms with Gasteiger partial charge in [-0.05, 0) is 25.0 Å². The minimum Gasteiger partial charge on any atom is -0.240 e. The lowest BCUT2D eigenvalue weighted by molar-refractivity contribution is 1.03. The number of nitrogens with zero attached hydrogens (tertiary/aromatic N) is 1. The zero-order valence-corrected chi connectivity index (χ0v) is 11.7. The van der Waals surface area contributed by atoms with Crippen molar-refractivity contribution < 1.29 is 0 Å². The van der Waals surface area contributed by atoms with E-state index in [2.05, 4.69) is 12.6 Å². The Morgan fingerprint density at radius 2 is 2.00 bits per heavy atom. The summed E-state index contributed by atoms with van der Waals surface area (Å²) < 4.78 is 0. The summed E-state index contributed by atoms with van der Waals surface area (Å²) >= 11 is 12.0. The molecule has 2 aromatic rings. The molecule has 17 heavy (non-hydrogen) atoms. The van der Waals surface area contributed by atoms with Gasteiger partial charge in [-0.3, -0.25) is 0 Å². The van der Waals surface area contributed by atoms with E-state index < -0.39 is 0 Å². The first-order valence-corrected chi connectivity index (χ1v) is 7.47. The topological polar surface area (TPSA) is 12.9 Å². The van der Waals surface area contributed by atoms with Gasteiger partial charge >= 0.3 is 0 Å². The number of hydrogen-bond acceptors (Lipinski definition) is 3. The molecule has 0 atom stereocenters. The fourth-order valence-corrected chi connectivity index (χ4v) is 3.36. The molecule has 0 N–H and O–H groups in total. The van der Waals surface area contributed by atoms with Gasteiger partial charge < -0.3 is 0 Å². The lowest BCUT2D eigenvalue weighted by atomic mass is 10.2. The van der Waals surface area contributed by atoms with Crippen LogP contribution < -0.4 is 0 Å². The van der Waals surface area contributed by atoms with Gasteiger partial charge in [-0.1, -0.05) is 23.7 Å². The first-order valence-electron chi connectivity index (χ1n) is 5.64. The van der Waals surface area contributed by atoms with Gasteiger partial charge in [-0.15, -0.1) is 11.3 Å². The predicted molar refractivity (Wildman–Crippen MR) is 77.2 cm³/mol. The second kappa shape index (κ2) is 4.63. The number of thiazole rings is 1. The third-order valence-electron chi connectivity index (χ3n) is 2.93. The van der Waals surface area contributed by atoms with Crippen LogP contribution in [-0.2, 0) is 5.75 Å². The van der Waals surface area contributed by atoms with Crippen LogP contribution >= 0.6 is 35.6 Å². The van der Waals surface area contributed by atoms with Gasteiger partial charge in [-0.2, -0.15) is 12.6 Å².